The Balaban J connectivity index is 1.67. The molecule has 1 saturated heterocycles. The molecule has 2 aromatic rings. The second-order valence-corrected chi connectivity index (χ2v) is 6.59. The number of halogens is 4. The van der Waals surface area contributed by atoms with Crippen molar-refractivity contribution in [2.75, 3.05) is 26.2 Å². The summed E-state index contributed by atoms with van der Waals surface area (Å²) in [4.78, 5) is 16.3. The quantitative estimate of drug-likeness (QED) is 0.746. The van der Waals surface area contributed by atoms with Crippen molar-refractivity contribution in [1.82, 2.24) is 9.80 Å². The molecule has 0 unspecified atom stereocenters. The average Bonchev–Trinajstić information content (AvgIpc) is 2.88. The van der Waals surface area contributed by atoms with E-state index in [1.165, 1.54) is 35.2 Å². The standard InChI is InChI=1S/C20H20F4N2O/c21-16-8-6-15(7-9-16)14-25-10-3-11-26(13-12-25)19(27)17-4-1-2-5-18(17)20(22,23)24/h1-2,4-9H,3,10-14H2. The lowest BCUT2D eigenvalue weighted by atomic mass is 10.1. The van der Waals surface area contributed by atoms with Gasteiger partial charge >= 0.3 is 6.18 Å². The third-order valence-electron chi connectivity index (χ3n) is 4.66. The molecule has 0 aromatic heterocycles. The van der Waals surface area contributed by atoms with Crippen LogP contribution in [0.15, 0.2) is 48.5 Å². The van der Waals surface area contributed by atoms with Gasteiger partial charge in [-0.2, -0.15) is 13.2 Å². The van der Waals surface area contributed by atoms with Gasteiger partial charge < -0.3 is 4.90 Å². The zero-order chi connectivity index (χ0) is 19.4. The Kier molecular flexibility index (Phi) is 5.79. The van der Waals surface area contributed by atoms with Gasteiger partial charge in [0.25, 0.3) is 5.91 Å². The van der Waals surface area contributed by atoms with Crippen molar-refractivity contribution in [2.24, 2.45) is 0 Å². The molecule has 0 spiro atoms. The van der Waals surface area contributed by atoms with E-state index in [0.29, 0.717) is 32.6 Å². The van der Waals surface area contributed by atoms with Crippen molar-refractivity contribution in [3.63, 3.8) is 0 Å². The van der Waals surface area contributed by atoms with Gasteiger partial charge in [0.1, 0.15) is 5.82 Å². The Bertz CT molecular complexity index is 789. The first-order valence-corrected chi connectivity index (χ1v) is 8.77. The number of hydrogen-bond donors (Lipinski definition) is 0. The van der Waals surface area contributed by atoms with Crippen LogP contribution >= 0.6 is 0 Å². The van der Waals surface area contributed by atoms with Gasteiger partial charge in [-0.25, -0.2) is 4.39 Å². The molecule has 1 aliphatic rings. The highest BCUT2D eigenvalue weighted by atomic mass is 19.4. The molecule has 1 heterocycles. The van der Waals surface area contributed by atoms with E-state index in [0.717, 1.165) is 18.2 Å². The minimum absolute atomic E-state index is 0.297. The summed E-state index contributed by atoms with van der Waals surface area (Å²) >= 11 is 0. The Morgan fingerprint density at radius 3 is 2.33 bits per heavy atom. The van der Waals surface area contributed by atoms with Gasteiger partial charge in [0.05, 0.1) is 11.1 Å². The average molecular weight is 380 g/mol. The third kappa shape index (κ3) is 4.86. The molecule has 7 heteroatoms. The van der Waals surface area contributed by atoms with Crippen LogP contribution in [0.1, 0.15) is 27.9 Å². The smallest absolute Gasteiger partial charge is 0.337 e. The number of hydrogen-bond acceptors (Lipinski definition) is 2. The largest absolute Gasteiger partial charge is 0.417 e. The Morgan fingerprint density at radius 2 is 1.63 bits per heavy atom. The third-order valence-corrected chi connectivity index (χ3v) is 4.66. The second kappa shape index (κ2) is 8.08. The fraction of sp³-hybridized carbons (Fsp3) is 0.350. The fourth-order valence-electron chi connectivity index (χ4n) is 3.27. The molecule has 2 aromatic carbocycles. The van der Waals surface area contributed by atoms with Crippen LogP contribution < -0.4 is 0 Å². The van der Waals surface area contributed by atoms with Crippen LogP contribution in [0.4, 0.5) is 17.6 Å². The van der Waals surface area contributed by atoms with E-state index in [-0.39, 0.29) is 11.4 Å². The predicted octanol–water partition coefficient (Wildman–Crippen LogP) is 4.19. The van der Waals surface area contributed by atoms with Gasteiger partial charge in [0.2, 0.25) is 0 Å². The molecular weight excluding hydrogens is 360 g/mol. The van der Waals surface area contributed by atoms with E-state index in [9.17, 15) is 22.4 Å². The zero-order valence-corrected chi connectivity index (χ0v) is 14.7. The number of nitrogens with zero attached hydrogens (tertiary/aromatic N) is 2. The molecule has 0 atom stereocenters. The molecule has 1 fully saturated rings. The predicted molar refractivity (Wildman–Crippen MR) is 93.6 cm³/mol. The first kappa shape index (κ1) is 19.4. The molecule has 0 saturated carbocycles. The Labute approximate surface area is 155 Å². The number of amides is 1. The summed E-state index contributed by atoms with van der Waals surface area (Å²) in [5.74, 6) is -0.888. The van der Waals surface area contributed by atoms with Gasteiger partial charge in [-0.05, 0) is 36.2 Å². The van der Waals surface area contributed by atoms with E-state index < -0.39 is 17.6 Å². The number of rotatable bonds is 3. The molecule has 0 radical (unpaired) electrons. The van der Waals surface area contributed by atoms with E-state index in [2.05, 4.69) is 4.90 Å². The van der Waals surface area contributed by atoms with E-state index >= 15 is 0 Å². The summed E-state index contributed by atoms with van der Waals surface area (Å²) in [5.41, 5.74) is -0.252. The monoisotopic (exact) mass is 380 g/mol. The van der Waals surface area contributed by atoms with Crippen LogP contribution in [0.2, 0.25) is 0 Å². The number of alkyl halides is 3. The molecule has 1 amide bonds. The van der Waals surface area contributed by atoms with Crippen LogP contribution in [0.3, 0.4) is 0 Å². The summed E-state index contributed by atoms with van der Waals surface area (Å²) in [6.45, 7) is 2.65. The minimum Gasteiger partial charge on any atom is -0.337 e. The molecule has 0 N–H and O–H groups in total. The molecular formula is C20H20F4N2O. The highest BCUT2D eigenvalue weighted by molar-refractivity contribution is 5.96. The highest BCUT2D eigenvalue weighted by Gasteiger charge is 2.36. The molecule has 0 bridgehead atoms. The van der Waals surface area contributed by atoms with Crippen molar-refractivity contribution < 1.29 is 22.4 Å². The lowest BCUT2D eigenvalue weighted by Gasteiger charge is -2.23. The summed E-state index contributed by atoms with van der Waals surface area (Å²) < 4.78 is 52.6. The van der Waals surface area contributed by atoms with Crippen molar-refractivity contribution in [1.29, 1.82) is 0 Å². The molecule has 0 aliphatic carbocycles. The first-order chi connectivity index (χ1) is 12.8. The van der Waals surface area contributed by atoms with Crippen molar-refractivity contribution in [3.05, 3.63) is 71.0 Å². The lowest BCUT2D eigenvalue weighted by molar-refractivity contribution is -0.138. The maximum Gasteiger partial charge on any atom is 0.417 e. The molecule has 144 valence electrons. The van der Waals surface area contributed by atoms with Crippen molar-refractivity contribution in [2.45, 2.75) is 19.1 Å². The fourth-order valence-corrected chi connectivity index (χ4v) is 3.27. The minimum atomic E-state index is -4.56. The van der Waals surface area contributed by atoms with E-state index in [4.69, 9.17) is 0 Å². The SMILES string of the molecule is O=C(c1ccccc1C(F)(F)F)N1CCCN(Cc2ccc(F)cc2)CC1. The van der Waals surface area contributed by atoms with Gasteiger partial charge in [-0.1, -0.05) is 24.3 Å². The van der Waals surface area contributed by atoms with Crippen molar-refractivity contribution in [3.8, 4) is 0 Å². The van der Waals surface area contributed by atoms with Gasteiger partial charge in [0, 0.05) is 32.7 Å². The van der Waals surface area contributed by atoms with Crippen LogP contribution in [0.5, 0.6) is 0 Å². The summed E-state index contributed by atoms with van der Waals surface area (Å²) in [5, 5.41) is 0. The van der Waals surface area contributed by atoms with Crippen LogP contribution in [0.25, 0.3) is 0 Å². The highest BCUT2D eigenvalue weighted by Crippen LogP contribution is 2.32. The first-order valence-electron chi connectivity index (χ1n) is 8.77. The second-order valence-electron chi connectivity index (χ2n) is 6.59. The van der Waals surface area contributed by atoms with Crippen LogP contribution in [-0.4, -0.2) is 41.9 Å². The van der Waals surface area contributed by atoms with E-state index in [1.807, 2.05) is 0 Å². The maximum absolute atomic E-state index is 13.2. The number of carbonyl (C=O) groups excluding carboxylic acids is 1. The Morgan fingerprint density at radius 1 is 0.926 bits per heavy atom. The summed E-state index contributed by atoms with van der Waals surface area (Å²) in [7, 11) is 0. The molecule has 27 heavy (non-hydrogen) atoms. The van der Waals surface area contributed by atoms with Gasteiger partial charge in [-0.15, -0.1) is 0 Å². The van der Waals surface area contributed by atoms with Gasteiger partial charge in [0.15, 0.2) is 0 Å². The van der Waals surface area contributed by atoms with E-state index in [1.54, 1.807) is 12.1 Å². The topological polar surface area (TPSA) is 23.6 Å². The summed E-state index contributed by atoms with van der Waals surface area (Å²) in [6.07, 6.45) is -3.89. The normalized spacial score (nSPS) is 16.2. The Hall–Kier alpha value is -2.41. The number of carbonyl (C=O) groups is 1. The van der Waals surface area contributed by atoms with Crippen LogP contribution in [-0.2, 0) is 12.7 Å². The zero-order valence-electron chi connectivity index (χ0n) is 14.7. The maximum atomic E-state index is 13.2. The van der Waals surface area contributed by atoms with Gasteiger partial charge in [-0.3, -0.25) is 9.69 Å². The van der Waals surface area contributed by atoms with Crippen LogP contribution in [0, 0.1) is 5.82 Å². The molecule has 3 nitrogen and oxygen atoms in total. The van der Waals surface area contributed by atoms with Crippen molar-refractivity contribution >= 4 is 5.91 Å². The molecule has 1 aliphatic heterocycles. The summed E-state index contributed by atoms with van der Waals surface area (Å²) in [6, 6.07) is 11.1. The lowest BCUT2D eigenvalue weighted by Crippen LogP contribution is -2.36. The number of benzene rings is 2. The molecule has 3 rings (SSSR count).